The number of Topliss-reactive ketones (excluding diaryl/α,β-unsaturated/α-hetero) is 1. The van der Waals surface area contributed by atoms with Crippen LogP contribution in [0.25, 0.3) is 17.1 Å². The Morgan fingerprint density at radius 1 is 1.03 bits per heavy atom. The summed E-state index contributed by atoms with van der Waals surface area (Å²) in [4.78, 5) is 13.1. The third-order valence-corrected chi connectivity index (χ3v) is 6.48. The van der Waals surface area contributed by atoms with Gasteiger partial charge in [-0.2, -0.15) is 0 Å². The van der Waals surface area contributed by atoms with Crippen molar-refractivity contribution in [3.63, 3.8) is 0 Å². The minimum Gasteiger partial charge on any atom is -0.469 e. The van der Waals surface area contributed by atoms with Gasteiger partial charge in [-0.25, -0.2) is 0 Å². The summed E-state index contributed by atoms with van der Waals surface area (Å²) in [6, 6.07) is 10.3. The second-order valence-electron chi connectivity index (χ2n) is 7.93. The van der Waals surface area contributed by atoms with Gasteiger partial charge >= 0.3 is 0 Å². The zero-order valence-corrected chi connectivity index (χ0v) is 19.5. The van der Waals surface area contributed by atoms with Crippen LogP contribution in [0, 0.1) is 34.6 Å². The third-order valence-electron chi connectivity index (χ3n) is 5.46. The summed E-state index contributed by atoms with van der Waals surface area (Å²) < 4.78 is 9.42. The van der Waals surface area contributed by atoms with E-state index in [9.17, 15) is 4.79 Å². The van der Waals surface area contributed by atoms with Crippen LogP contribution < -0.4 is 0 Å². The van der Waals surface area contributed by atoms with Gasteiger partial charge in [-0.1, -0.05) is 17.8 Å². The van der Waals surface area contributed by atoms with Crippen LogP contribution in [0.5, 0.6) is 0 Å². The zero-order valence-electron chi connectivity index (χ0n) is 18.7. The molecule has 4 aromatic rings. The quantitative estimate of drug-likeness (QED) is 0.301. The van der Waals surface area contributed by atoms with Crippen LogP contribution in [0.15, 0.2) is 46.2 Å². The lowest BCUT2D eigenvalue weighted by Crippen LogP contribution is -2.07. The number of hydrogen-bond donors (Lipinski definition) is 0. The maximum Gasteiger partial charge on any atom is 0.191 e. The largest absolute Gasteiger partial charge is 0.469 e. The molecule has 0 amide bonds. The summed E-state index contributed by atoms with van der Waals surface area (Å²) in [5.41, 5.74) is 7.16. The number of thioether (sulfide) groups is 1. The molecule has 0 radical (unpaired) electrons. The summed E-state index contributed by atoms with van der Waals surface area (Å²) in [6.07, 6.45) is 1.64. The average molecular weight is 435 g/mol. The topological polar surface area (TPSA) is 65.8 Å². The molecule has 0 aliphatic heterocycles. The second kappa shape index (κ2) is 8.23. The number of aryl methyl sites for hydroxylation is 4. The standard InChI is InChI=1S/C24H26N4O2S/c1-14-9-15(2)11-19(10-14)28-16(3)12-21(17(28)4)22(29)13-31-24-26-25-23(27(24)6)20-7-8-30-18(20)5/h7-12H,13H2,1-6H3. The van der Waals surface area contributed by atoms with Crippen molar-refractivity contribution in [1.82, 2.24) is 19.3 Å². The molecule has 0 spiro atoms. The van der Waals surface area contributed by atoms with Crippen molar-refractivity contribution in [2.45, 2.75) is 39.8 Å². The Labute approximate surface area is 186 Å². The molecule has 0 aliphatic carbocycles. The Morgan fingerprint density at radius 3 is 2.39 bits per heavy atom. The molecule has 0 atom stereocenters. The smallest absolute Gasteiger partial charge is 0.191 e. The van der Waals surface area contributed by atoms with Gasteiger partial charge in [-0.15, -0.1) is 10.2 Å². The lowest BCUT2D eigenvalue weighted by Gasteiger charge is -2.12. The van der Waals surface area contributed by atoms with E-state index < -0.39 is 0 Å². The molecular weight excluding hydrogens is 408 g/mol. The number of hydrogen-bond acceptors (Lipinski definition) is 5. The molecule has 0 saturated heterocycles. The molecule has 160 valence electrons. The lowest BCUT2D eigenvalue weighted by molar-refractivity contribution is 0.102. The van der Waals surface area contributed by atoms with Gasteiger partial charge in [0.1, 0.15) is 5.76 Å². The zero-order chi connectivity index (χ0) is 22.3. The highest BCUT2D eigenvalue weighted by atomic mass is 32.2. The van der Waals surface area contributed by atoms with Gasteiger partial charge < -0.3 is 13.6 Å². The number of rotatable bonds is 6. The maximum absolute atomic E-state index is 13.1. The molecule has 0 saturated carbocycles. The minimum atomic E-state index is 0.0813. The molecule has 0 aliphatic rings. The van der Waals surface area contributed by atoms with Crippen LogP contribution >= 0.6 is 11.8 Å². The van der Waals surface area contributed by atoms with Crippen LogP contribution in [0.4, 0.5) is 0 Å². The molecule has 3 aromatic heterocycles. The summed E-state index contributed by atoms with van der Waals surface area (Å²) in [7, 11) is 1.90. The number of aromatic nitrogens is 4. The van der Waals surface area contributed by atoms with E-state index in [4.69, 9.17) is 4.42 Å². The average Bonchev–Trinajstić information content (AvgIpc) is 3.36. The lowest BCUT2D eigenvalue weighted by atomic mass is 10.1. The first-order valence-electron chi connectivity index (χ1n) is 10.1. The van der Waals surface area contributed by atoms with Gasteiger partial charge in [0.25, 0.3) is 0 Å². The van der Waals surface area contributed by atoms with Crippen molar-refractivity contribution in [2.24, 2.45) is 7.05 Å². The third kappa shape index (κ3) is 3.97. The molecule has 0 unspecified atom stereocenters. The van der Waals surface area contributed by atoms with Gasteiger partial charge in [0.05, 0.1) is 17.6 Å². The Balaban J connectivity index is 1.55. The van der Waals surface area contributed by atoms with Crippen molar-refractivity contribution in [1.29, 1.82) is 0 Å². The SMILES string of the molecule is Cc1cc(C)cc(-n2c(C)cc(C(=O)CSc3nnc(-c4ccoc4C)n3C)c2C)c1. The Bertz CT molecular complexity index is 1260. The fraction of sp³-hybridized carbons (Fsp3) is 0.292. The minimum absolute atomic E-state index is 0.0813. The highest BCUT2D eigenvalue weighted by Crippen LogP contribution is 2.28. The highest BCUT2D eigenvalue weighted by molar-refractivity contribution is 7.99. The first kappa shape index (κ1) is 21.2. The molecule has 6 nitrogen and oxygen atoms in total. The van der Waals surface area contributed by atoms with E-state index in [1.54, 1.807) is 6.26 Å². The number of nitrogens with zero attached hydrogens (tertiary/aromatic N) is 4. The van der Waals surface area contributed by atoms with Crippen LogP contribution in [0.1, 0.15) is 38.6 Å². The molecule has 0 N–H and O–H groups in total. The number of benzene rings is 1. The first-order chi connectivity index (χ1) is 14.8. The Hall–Kier alpha value is -3.06. The Kier molecular flexibility index (Phi) is 5.62. The molecule has 31 heavy (non-hydrogen) atoms. The van der Waals surface area contributed by atoms with Crippen molar-refractivity contribution in [3.05, 3.63) is 70.4 Å². The van der Waals surface area contributed by atoms with Gasteiger partial charge in [-0.05, 0) is 70.0 Å². The molecule has 4 rings (SSSR count). The van der Waals surface area contributed by atoms with E-state index in [0.29, 0.717) is 10.9 Å². The van der Waals surface area contributed by atoms with Gasteiger partial charge in [0.15, 0.2) is 16.8 Å². The van der Waals surface area contributed by atoms with Crippen LogP contribution in [-0.2, 0) is 7.05 Å². The fourth-order valence-electron chi connectivity index (χ4n) is 4.02. The van der Waals surface area contributed by atoms with E-state index in [1.807, 2.05) is 44.5 Å². The van der Waals surface area contributed by atoms with Gasteiger partial charge in [0, 0.05) is 29.7 Å². The number of ketones is 1. The predicted molar refractivity (Wildman–Crippen MR) is 123 cm³/mol. The normalized spacial score (nSPS) is 11.3. The van der Waals surface area contributed by atoms with Gasteiger partial charge in [-0.3, -0.25) is 4.79 Å². The van der Waals surface area contributed by atoms with Crippen molar-refractivity contribution >= 4 is 17.5 Å². The molecule has 1 aromatic carbocycles. The van der Waals surface area contributed by atoms with Crippen molar-refractivity contribution in [2.75, 3.05) is 5.75 Å². The summed E-state index contributed by atoms with van der Waals surface area (Å²) >= 11 is 1.40. The predicted octanol–water partition coefficient (Wildman–Crippen LogP) is 5.38. The molecule has 0 bridgehead atoms. The number of furan rings is 1. The van der Waals surface area contributed by atoms with Crippen LogP contribution in [-0.4, -0.2) is 30.9 Å². The van der Waals surface area contributed by atoms with E-state index in [-0.39, 0.29) is 5.78 Å². The van der Waals surface area contributed by atoms with E-state index >= 15 is 0 Å². The molecule has 3 heterocycles. The van der Waals surface area contributed by atoms with E-state index in [2.05, 4.69) is 46.8 Å². The first-order valence-corrected chi connectivity index (χ1v) is 11.1. The van der Waals surface area contributed by atoms with E-state index in [1.165, 1.54) is 22.9 Å². The van der Waals surface area contributed by atoms with E-state index in [0.717, 1.165) is 39.8 Å². The molecular formula is C24H26N4O2S. The summed E-state index contributed by atoms with van der Waals surface area (Å²) in [5.74, 6) is 1.90. The van der Waals surface area contributed by atoms with Gasteiger partial charge in [0.2, 0.25) is 0 Å². The van der Waals surface area contributed by atoms with Crippen LogP contribution in [0.2, 0.25) is 0 Å². The molecule has 7 heteroatoms. The maximum atomic E-state index is 13.1. The Morgan fingerprint density at radius 2 is 1.74 bits per heavy atom. The summed E-state index contributed by atoms with van der Waals surface area (Å²) in [5, 5.41) is 9.25. The second-order valence-corrected chi connectivity index (χ2v) is 8.88. The number of carbonyl (C=O) groups is 1. The fourth-order valence-corrected chi connectivity index (χ4v) is 4.82. The summed E-state index contributed by atoms with van der Waals surface area (Å²) in [6.45, 7) is 10.1. The van der Waals surface area contributed by atoms with Crippen molar-refractivity contribution < 1.29 is 9.21 Å². The van der Waals surface area contributed by atoms with Crippen molar-refractivity contribution in [3.8, 4) is 17.1 Å². The van der Waals surface area contributed by atoms with Crippen LogP contribution in [0.3, 0.4) is 0 Å². The number of carbonyl (C=O) groups excluding carboxylic acids is 1. The monoisotopic (exact) mass is 434 g/mol. The molecule has 0 fully saturated rings. The highest BCUT2D eigenvalue weighted by Gasteiger charge is 2.20.